The Balaban J connectivity index is 1.75. The summed E-state index contributed by atoms with van der Waals surface area (Å²) in [7, 11) is 1.65. The van der Waals surface area contributed by atoms with Gasteiger partial charge >= 0.3 is 0 Å². The van der Waals surface area contributed by atoms with Gasteiger partial charge in [0, 0.05) is 30.3 Å². The highest BCUT2D eigenvalue weighted by molar-refractivity contribution is 6.03. The maximum Gasteiger partial charge on any atom is 0.277 e. The summed E-state index contributed by atoms with van der Waals surface area (Å²) < 4.78 is 0. The van der Waals surface area contributed by atoms with Gasteiger partial charge in [-0.05, 0) is 18.4 Å². The molecule has 154 valence electrons. The van der Waals surface area contributed by atoms with Gasteiger partial charge in [0.25, 0.3) is 11.5 Å². The van der Waals surface area contributed by atoms with E-state index >= 15 is 0 Å². The third-order valence-electron chi connectivity index (χ3n) is 5.37. The molecular weight excluding hydrogens is 380 g/mol. The number of benzene rings is 2. The molecule has 4 rings (SSSR count). The molecule has 1 aliphatic heterocycles. The Morgan fingerprint density at radius 1 is 1.03 bits per heavy atom. The van der Waals surface area contributed by atoms with Crippen LogP contribution in [0.2, 0.25) is 0 Å². The first kappa shape index (κ1) is 20.0. The second-order valence-corrected chi connectivity index (χ2v) is 7.24. The molecule has 1 amide bonds. The predicted octanol–water partition coefficient (Wildman–Crippen LogP) is 2.86. The van der Waals surface area contributed by atoms with Gasteiger partial charge in [-0.15, -0.1) is 0 Å². The Morgan fingerprint density at radius 3 is 2.23 bits per heavy atom. The molecule has 1 aromatic heterocycles. The fraction of sp³-hybridized carbons (Fsp3) is 0.261. The van der Waals surface area contributed by atoms with E-state index in [9.17, 15) is 9.59 Å². The number of hydrogen-bond donors (Lipinski definition) is 2. The van der Waals surface area contributed by atoms with Crippen LogP contribution in [0, 0.1) is 0 Å². The number of nitrogens with zero attached hydrogens (tertiary/aromatic N) is 2. The van der Waals surface area contributed by atoms with E-state index in [2.05, 4.69) is 15.5 Å². The minimum Gasteiger partial charge on any atom is -0.349 e. The first-order valence-corrected chi connectivity index (χ1v) is 10.0. The predicted molar refractivity (Wildman–Crippen MR) is 115 cm³/mol. The Kier molecular flexibility index (Phi) is 6.02. The summed E-state index contributed by atoms with van der Waals surface area (Å²) in [5.41, 5.74) is 2.30. The maximum absolute atomic E-state index is 13.3. The van der Waals surface area contributed by atoms with E-state index in [0.717, 1.165) is 37.1 Å². The van der Waals surface area contributed by atoms with Crippen LogP contribution < -0.4 is 10.9 Å². The SMILES string of the molecule is CON1CCC(NC(=O)c2c(-c3ccccc3)c(-c3ccccc3)n[nH]c2=O)CC1. The van der Waals surface area contributed by atoms with Crippen LogP contribution in [0.5, 0.6) is 0 Å². The number of hydrogen-bond acceptors (Lipinski definition) is 5. The Hall–Kier alpha value is -3.29. The molecule has 0 radical (unpaired) electrons. The van der Waals surface area contributed by atoms with Crippen molar-refractivity contribution in [2.24, 2.45) is 0 Å². The third-order valence-corrected chi connectivity index (χ3v) is 5.37. The van der Waals surface area contributed by atoms with Crippen molar-refractivity contribution < 1.29 is 9.63 Å². The molecule has 0 atom stereocenters. The average Bonchev–Trinajstić information content (AvgIpc) is 2.80. The van der Waals surface area contributed by atoms with Gasteiger partial charge in [-0.3, -0.25) is 9.59 Å². The van der Waals surface area contributed by atoms with Gasteiger partial charge in [0.2, 0.25) is 0 Å². The molecule has 2 N–H and O–H groups in total. The average molecular weight is 404 g/mol. The molecule has 1 aliphatic rings. The second-order valence-electron chi connectivity index (χ2n) is 7.24. The summed E-state index contributed by atoms with van der Waals surface area (Å²) in [6.45, 7) is 1.46. The highest BCUT2D eigenvalue weighted by Crippen LogP contribution is 2.31. The van der Waals surface area contributed by atoms with Gasteiger partial charge in [-0.25, -0.2) is 5.10 Å². The number of piperidine rings is 1. The fourth-order valence-electron chi connectivity index (χ4n) is 3.80. The Bertz CT molecular complexity index is 1060. The number of aromatic amines is 1. The summed E-state index contributed by atoms with van der Waals surface area (Å²) >= 11 is 0. The second kappa shape index (κ2) is 9.02. The molecule has 1 fully saturated rings. The molecule has 0 aliphatic carbocycles. The van der Waals surface area contributed by atoms with Crippen molar-refractivity contribution in [2.45, 2.75) is 18.9 Å². The van der Waals surface area contributed by atoms with Crippen molar-refractivity contribution in [1.29, 1.82) is 0 Å². The van der Waals surface area contributed by atoms with E-state index in [1.54, 1.807) is 7.11 Å². The lowest BCUT2D eigenvalue weighted by atomic mass is 9.95. The molecule has 7 heteroatoms. The highest BCUT2D eigenvalue weighted by Gasteiger charge is 2.26. The van der Waals surface area contributed by atoms with Crippen LogP contribution in [0.4, 0.5) is 0 Å². The molecule has 2 heterocycles. The number of hydroxylamine groups is 2. The third kappa shape index (κ3) is 4.17. The number of aromatic nitrogens is 2. The quantitative estimate of drug-likeness (QED) is 0.683. The zero-order valence-corrected chi connectivity index (χ0v) is 16.8. The highest BCUT2D eigenvalue weighted by atomic mass is 16.7. The standard InChI is InChI=1S/C23H24N4O3/c1-30-27-14-12-18(13-15-27)24-22(28)20-19(16-8-4-2-5-9-16)21(25-26-23(20)29)17-10-6-3-7-11-17/h2-11,18H,12-15H2,1H3,(H,24,28)(H,26,29). The Labute approximate surface area is 174 Å². The van der Waals surface area contributed by atoms with E-state index in [4.69, 9.17) is 4.84 Å². The lowest BCUT2D eigenvalue weighted by Crippen LogP contribution is -2.45. The lowest BCUT2D eigenvalue weighted by molar-refractivity contribution is -0.144. The van der Waals surface area contributed by atoms with Crippen molar-refractivity contribution in [1.82, 2.24) is 20.6 Å². The lowest BCUT2D eigenvalue weighted by Gasteiger charge is -2.30. The van der Waals surface area contributed by atoms with Crippen LogP contribution in [0.3, 0.4) is 0 Å². The van der Waals surface area contributed by atoms with Crippen molar-refractivity contribution in [3.63, 3.8) is 0 Å². The van der Waals surface area contributed by atoms with Gasteiger partial charge in [0.15, 0.2) is 0 Å². The van der Waals surface area contributed by atoms with Crippen LogP contribution in [-0.2, 0) is 4.84 Å². The molecule has 2 aromatic carbocycles. The van der Waals surface area contributed by atoms with Gasteiger partial charge in [0.1, 0.15) is 5.56 Å². The maximum atomic E-state index is 13.3. The zero-order chi connectivity index (χ0) is 20.9. The molecule has 3 aromatic rings. The van der Waals surface area contributed by atoms with Crippen molar-refractivity contribution >= 4 is 5.91 Å². The van der Waals surface area contributed by atoms with Crippen molar-refractivity contribution in [2.75, 3.05) is 20.2 Å². The number of H-pyrrole nitrogens is 1. The van der Waals surface area contributed by atoms with Gasteiger partial charge in [-0.2, -0.15) is 10.2 Å². The van der Waals surface area contributed by atoms with Crippen molar-refractivity contribution in [3.05, 3.63) is 76.6 Å². The summed E-state index contributed by atoms with van der Waals surface area (Å²) in [4.78, 5) is 31.3. The molecule has 1 saturated heterocycles. The fourth-order valence-corrected chi connectivity index (χ4v) is 3.80. The molecule has 7 nitrogen and oxygen atoms in total. The van der Waals surface area contributed by atoms with E-state index in [0.29, 0.717) is 11.3 Å². The van der Waals surface area contributed by atoms with Gasteiger partial charge in [0.05, 0.1) is 12.8 Å². The molecule has 0 bridgehead atoms. The van der Waals surface area contributed by atoms with E-state index < -0.39 is 5.56 Å². The number of amides is 1. The first-order chi connectivity index (χ1) is 14.7. The first-order valence-electron chi connectivity index (χ1n) is 10.0. The Morgan fingerprint density at radius 2 is 1.63 bits per heavy atom. The van der Waals surface area contributed by atoms with Crippen LogP contribution in [0.15, 0.2) is 65.5 Å². The number of nitrogens with one attached hydrogen (secondary N) is 2. The van der Waals surface area contributed by atoms with Crippen LogP contribution in [0.25, 0.3) is 22.4 Å². The molecule has 0 spiro atoms. The molecular formula is C23H24N4O3. The summed E-state index contributed by atoms with van der Waals surface area (Å²) in [6.07, 6.45) is 1.52. The topological polar surface area (TPSA) is 87.3 Å². The number of rotatable bonds is 5. The smallest absolute Gasteiger partial charge is 0.277 e. The normalized spacial score (nSPS) is 15.1. The van der Waals surface area contributed by atoms with E-state index in [1.165, 1.54) is 0 Å². The number of carbonyl (C=O) groups excluding carboxylic acids is 1. The minimum absolute atomic E-state index is 0.0136. The summed E-state index contributed by atoms with van der Waals surface area (Å²) in [6, 6.07) is 19.0. The molecule has 30 heavy (non-hydrogen) atoms. The number of carbonyl (C=O) groups is 1. The van der Waals surface area contributed by atoms with E-state index in [1.807, 2.05) is 65.7 Å². The monoisotopic (exact) mass is 404 g/mol. The van der Waals surface area contributed by atoms with Gasteiger partial charge < -0.3 is 10.2 Å². The van der Waals surface area contributed by atoms with E-state index in [-0.39, 0.29) is 17.5 Å². The zero-order valence-electron chi connectivity index (χ0n) is 16.8. The molecule has 0 unspecified atom stereocenters. The van der Waals surface area contributed by atoms with Gasteiger partial charge in [-0.1, -0.05) is 60.7 Å². The van der Waals surface area contributed by atoms with Crippen LogP contribution >= 0.6 is 0 Å². The summed E-state index contributed by atoms with van der Waals surface area (Å²) in [5.74, 6) is -0.384. The summed E-state index contributed by atoms with van der Waals surface area (Å²) in [5, 5.41) is 11.7. The van der Waals surface area contributed by atoms with Crippen LogP contribution in [-0.4, -0.2) is 47.4 Å². The van der Waals surface area contributed by atoms with Crippen LogP contribution in [0.1, 0.15) is 23.2 Å². The van der Waals surface area contributed by atoms with Crippen molar-refractivity contribution in [3.8, 4) is 22.4 Å². The largest absolute Gasteiger partial charge is 0.349 e. The minimum atomic E-state index is -0.500. The molecule has 0 saturated carbocycles.